The lowest BCUT2D eigenvalue weighted by atomic mass is 9.86. The summed E-state index contributed by atoms with van der Waals surface area (Å²) in [6, 6.07) is 19.0. The number of phenols is 1. The second kappa shape index (κ2) is 8.35. The number of nitro benzene ring substituents is 1. The van der Waals surface area contributed by atoms with Crippen LogP contribution in [-0.2, 0) is 5.41 Å². The first-order valence-corrected chi connectivity index (χ1v) is 10.4. The molecule has 7 heteroatoms. The largest absolute Gasteiger partial charge is 0.507 e. The number of aromatic hydroxyl groups is 1. The fourth-order valence-corrected chi connectivity index (χ4v) is 3.55. The molecule has 3 N–H and O–H groups in total. The molecule has 0 bridgehead atoms. The van der Waals surface area contributed by atoms with E-state index in [-0.39, 0.29) is 22.4 Å². The molecule has 1 heterocycles. The van der Waals surface area contributed by atoms with Crippen LogP contribution in [0.1, 0.15) is 26.3 Å². The molecule has 166 valence electrons. The fourth-order valence-electron chi connectivity index (χ4n) is 3.55. The normalized spacial score (nSPS) is 11.4. The summed E-state index contributed by atoms with van der Waals surface area (Å²) < 4.78 is 0. The fraction of sp³-hybridized carbons (Fsp3) is 0.154. The third-order valence-electron chi connectivity index (χ3n) is 5.47. The molecule has 33 heavy (non-hydrogen) atoms. The Morgan fingerprint density at radius 3 is 2.15 bits per heavy atom. The Morgan fingerprint density at radius 2 is 1.55 bits per heavy atom. The van der Waals surface area contributed by atoms with Crippen molar-refractivity contribution in [3.63, 3.8) is 0 Å². The summed E-state index contributed by atoms with van der Waals surface area (Å²) in [5.74, 6) is 0.320. The van der Waals surface area contributed by atoms with Crippen LogP contribution >= 0.6 is 0 Å². The van der Waals surface area contributed by atoms with Gasteiger partial charge in [0.2, 0.25) is 0 Å². The summed E-state index contributed by atoms with van der Waals surface area (Å²) in [5.41, 5.74) is 10.3. The number of benzene rings is 3. The van der Waals surface area contributed by atoms with E-state index in [9.17, 15) is 15.2 Å². The predicted molar refractivity (Wildman–Crippen MR) is 130 cm³/mol. The first-order chi connectivity index (χ1) is 15.6. The van der Waals surface area contributed by atoms with Crippen LogP contribution in [0.5, 0.6) is 5.75 Å². The monoisotopic (exact) mass is 440 g/mol. The van der Waals surface area contributed by atoms with Gasteiger partial charge in [0.1, 0.15) is 5.75 Å². The minimum Gasteiger partial charge on any atom is -0.507 e. The lowest BCUT2D eigenvalue weighted by Crippen LogP contribution is -2.10. The molecular weight excluding hydrogens is 416 g/mol. The van der Waals surface area contributed by atoms with Gasteiger partial charge in [0, 0.05) is 40.7 Å². The molecule has 4 rings (SSSR count). The van der Waals surface area contributed by atoms with Gasteiger partial charge >= 0.3 is 0 Å². The maximum absolute atomic E-state index is 11.4. The average molecular weight is 441 g/mol. The first kappa shape index (κ1) is 22.0. The van der Waals surface area contributed by atoms with E-state index in [4.69, 9.17) is 10.7 Å². The van der Waals surface area contributed by atoms with E-state index in [2.05, 4.69) is 25.8 Å². The van der Waals surface area contributed by atoms with Crippen molar-refractivity contribution in [1.29, 1.82) is 0 Å². The van der Waals surface area contributed by atoms with Crippen LogP contribution in [0, 0.1) is 10.1 Å². The molecular formula is C26H24N4O3. The van der Waals surface area contributed by atoms with Gasteiger partial charge in [-0.05, 0) is 46.9 Å². The van der Waals surface area contributed by atoms with E-state index in [0.717, 1.165) is 11.1 Å². The van der Waals surface area contributed by atoms with Crippen molar-refractivity contribution in [3.05, 3.63) is 88.6 Å². The van der Waals surface area contributed by atoms with E-state index in [1.807, 2.05) is 24.3 Å². The number of nitrogens with two attached hydrogens (primary N) is 1. The number of hydrogen-bond donors (Lipinski definition) is 2. The molecule has 0 amide bonds. The topological polar surface area (TPSA) is 115 Å². The minimum atomic E-state index is -0.497. The number of nitrogens with zero attached hydrogens (tertiary/aromatic N) is 3. The van der Waals surface area contributed by atoms with Gasteiger partial charge in [-0.25, -0.2) is 9.97 Å². The van der Waals surface area contributed by atoms with Crippen molar-refractivity contribution in [2.45, 2.75) is 26.2 Å². The Labute approximate surface area is 191 Å². The first-order valence-electron chi connectivity index (χ1n) is 10.4. The number of nitrogen functional groups attached to an aromatic ring is 1. The SMILES string of the molecule is CC(C)(C)c1ccc(-c2cnc(-c3ccc(N)cc3)nc2-c2cc([N+](=O)[O-])ccc2O)cc1. The summed E-state index contributed by atoms with van der Waals surface area (Å²) in [6.45, 7) is 6.41. The van der Waals surface area contributed by atoms with Gasteiger partial charge in [-0.3, -0.25) is 10.1 Å². The van der Waals surface area contributed by atoms with E-state index in [1.54, 1.807) is 30.5 Å². The Morgan fingerprint density at radius 1 is 0.909 bits per heavy atom. The quantitative estimate of drug-likeness (QED) is 0.229. The smallest absolute Gasteiger partial charge is 0.270 e. The zero-order valence-corrected chi connectivity index (χ0v) is 18.6. The number of hydrogen-bond acceptors (Lipinski definition) is 6. The third-order valence-corrected chi connectivity index (χ3v) is 5.47. The van der Waals surface area contributed by atoms with E-state index < -0.39 is 4.92 Å². The number of anilines is 1. The number of nitro groups is 1. The third kappa shape index (κ3) is 4.52. The second-order valence-electron chi connectivity index (χ2n) is 8.86. The van der Waals surface area contributed by atoms with Crippen molar-refractivity contribution >= 4 is 11.4 Å². The minimum absolute atomic E-state index is 0.00478. The highest BCUT2D eigenvalue weighted by Gasteiger charge is 2.20. The number of non-ortho nitro benzene ring substituents is 1. The van der Waals surface area contributed by atoms with Crippen LogP contribution in [0.15, 0.2) is 72.9 Å². The van der Waals surface area contributed by atoms with Crippen molar-refractivity contribution in [3.8, 4) is 39.5 Å². The van der Waals surface area contributed by atoms with Gasteiger partial charge in [-0.15, -0.1) is 0 Å². The van der Waals surface area contributed by atoms with E-state index >= 15 is 0 Å². The van der Waals surface area contributed by atoms with Crippen LogP contribution < -0.4 is 5.73 Å². The number of aromatic nitrogens is 2. The molecule has 0 saturated carbocycles. The Balaban J connectivity index is 1.93. The highest BCUT2D eigenvalue weighted by atomic mass is 16.6. The lowest BCUT2D eigenvalue weighted by Gasteiger charge is -2.19. The molecule has 3 aromatic carbocycles. The van der Waals surface area contributed by atoms with Gasteiger partial charge < -0.3 is 10.8 Å². The summed E-state index contributed by atoms with van der Waals surface area (Å²) in [6.07, 6.45) is 1.68. The summed E-state index contributed by atoms with van der Waals surface area (Å²) >= 11 is 0. The molecule has 0 saturated heterocycles. The van der Waals surface area contributed by atoms with Crippen LogP contribution in [0.3, 0.4) is 0 Å². The Bertz CT molecular complexity index is 1330. The molecule has 7 nitrogen and oxygen atoms in total. The molecule has 0 atom stereocenters. The molecule has 0 aliphatic heterocycles. The van der Waals surface area contributed by atoms with Gasteiger partial charge in [-0.1, -0.05) is 45.0 Å². The Hall–Kier alpha value is -4.26. The molecule has 0 radical (unpaired) electrons. The highest BCUT2D eigenvalue weighted by Crippen LogP contribution is 2.38. The number of phenolic OH excluding ortho intramolecular Hbond substituents is 1. The zero-order valence-electron chi connectivity index (χ0n) is 18.6. The molecule has 4 aromatic rings. The van der Waals surface area contributed by atoms with Gasteiger partial charge in [-0.2, -0.15) is 0 Å². The van der Waals surface area contributed by atoms with Crippen LogP contribution in [-0.4, -0.2) is 20.0 Å². The van der Waals surface area contributed by atoms with Crippen LogP contribution in [0.2, 0.25) is 0 Å². The van der Waals surface area contributed by atoms with E-state index in [0.29, 0.717) is 22.8 Å². The van der Waals surface area contributed by atoms with E-state index in [1.165, 1.54) is 23.8 Å². The number of rotatable bonds is 4. The van der Waals surface area contributed by atoms with Gasteiger partial charge in [0.05, 0.1) is 10.6 Å². The van der Waals surface area contributed by atoms with Crippen molar-refractivity contribution in [2.75, 3.05) is 5.73 Å². The van der Waals surface area contributed by atoms with Gasteiger partial charge in [0.15, 0.2) is 5.82 Å². The molecule has 0 spiro atoms. The van der Waals surface area contributed by atoms with Gasteiger partial charge in [0.25, 0.3) is 5.69 Å². The molecule has 1 aromatic heterocycles. The maximum Gasteiger partial charge on any atom is 0.270 e. The molecule has 0 aliphatic rings. The summed E-state index contributed by atoms with van der Waals surface area (Å²) in [4.78, 5) is 20.1. The zero-order chi connectivity index (χ0) is 23.8. The van der Waals surface area contributed by atoms with Crippen LogP contribution in [0.25, 0.3) is 33.8 Å². The second-order valence-corrected chi connectivity index (χ2v) is 8.86. The standard InChI is InChI=1S/C26H24N4O3/c1-26(2,3)18-8-4-16(5-9-18)22-15-28-25(17-6-10-19(27)11-7-17)29-24(22)21-14-20(30(32)33)12-13-23(21)31/h4-15,31H,27H2,1-3H3. The summed E-state index contributed by atoms with van der Waals surface area (Å²) in [7, 11) is 0. The Kier molecular flexibility index (Phi) is 5.55. The molecule has 0 fully saturated rings. The lowest BCUT2D eigenvalue weighted by molar-refractivity contribution is -0.384. The molecule has 0 unspecified atom stereocenters. The molecule has 0 aliphatic carbocycles. The average Bonchev–Trinajstić information content (AvgIpc) is 2.79. The van der Waals surface area contributed by atoms with Crippen molar-refractivity contribution in [2.24, 2.45) is 0 Å². The van der Waals surface area contributed by atoms with Crippen molar-refractivity contribution < 1.29 is 10.0 Å². The van der Waals surface area contributed by atoms with Crippen LogP contribution in [0.4, 0.5) is 11.4 Å². The summed E-state index contributed by atoms with van der Waals surface area (Å²) in [5, 5.41) is 22.0. The van der Waals surface area contributed by atoms with Crippen molar-refractivity contribution in [1.82, 2.24) is 9.97 Å². The highest BCUT2D eigenvalue weighted by molar-refractivity contribution is 5.85. The maximum atomic E-state index is 11.4. The predicted octanol–water partition coefficient (Wildman–Crippen LogP) is 5.97.